The molecule has 1 saturated heterocycles. The average Bonchev–Trinajstić information content (AvgIpc) is 3.17. The second-order valence-electron chi connectivity index (χ2n) is 5.35. The van der Waals surface area contributed by atoms with Gasteiger partial charge in [-0.25, -0.2) is 0 Å². The summed E-state index contributed by atoms with van der Waals surface area (Å²) >= 11 is 0. The van der Waals surface area contributed by atoms with E-state index in [9.17, 15) is 4.79 Å². The molecule has 0 aromatic carbocycles. The fourth-order valence-corrected chi connectivity index (χ4v) is 2.73. The van der Waals surface area contributed by atoms with Crippen molar-refractivity contribution in [2.45, 2.75) is 32.4 Å². The second kappa shape index (κ2) is 6.13. The summed E-state index contributed by atoms with van der Waals surface area (Å²) in [5, 5.41) is 6.95. The second-order valence-corrected chi connectivity index (χ2v) is 5.35. The van der Waals surface area contributed by atoms with Gasteiger partial charge in [0.2, 0.25) is 5.91 Å². The summed E-state index contributed by atoms with van der Waals surface area (Å²) in [6, 6.07) is 5.78. The summed E-state index contributed by atoms with van der Waals surface area (Å²) in [7, 11) is 0. The monoisotopic (exact) mass is 289 g/mol. The summed E-state index contributed by atoms with van der Waals surface area (Å²) in [6.07, 6.45) is 3.68. The number of aryl methyl sites for hydroxylation is 1. The van der Waals surface area contributed by atoms with E-state index < -0.39 is 0 Å². The van der Waals surface area contributed by atoms with Crippen LogP contribution < -0.4 is 5.32 Å². The van der Waals surface area contributed by atoms with Crippen molar-refractivity contribution in [3.8, 4) is 0 Å². The van der Waals surface area contributed by atoms with Gasteiger partial charge in [-0.15, -0.1) is 0 Å². The molecule has 0 radical (unpaired) electrons. The van der Waals surface area contributed by atoms with Crippen molar-refractivity contribution in [3.05, 3.63) is 41.7 Å². The lowest BCUT2D eigenvalue weighted by atomic mass is 10.1. The van der Waals surface area contributed by atoms with Crippen molar-refractivity contribution in [2.75, 3.05) is 13.1 Å². The highest BCUT2D eigenvalue weighted by atomic mass is 16.5. The van der Waals surface area contributed by atoms with Crippen LogP contribution in [-0.4, -0.2) is 29.1 Å². The molecule has 1 atom stereocenters. The number of hydrogen-bond acceptors (Lipinski definition) is 5. The molecule has 112 valence electrons. The molecule has 1 aliphatic rings. The first kappa shape index (κ1) is 13.9. The first-order chi connectivity index (χ1) is 10.2. The smallest absolute Gasteiger partial charge is 0.234 e. The molecule has 0 unspecified atom stereocenters. The fourth-order valence-electron chi connectivity index (χ4n) is 2.73. The van der Waals surface area contributed by atoms with Crippen LogP contribution in [0.1, 0.15) is 36.1 Å². The van der Waals surface area contributed by atoms with E-state index >= 15 is 0 Å². The summed E-state index contributed by atoms with van der Waals surface area (Å²) < 4.78 is 10.3. The predicted octanol–water partition coefficient (Wildman–Crippen LogP) is 2.03. The van der Waals surface area contributed by atoms with Crippen LogP contribution in [0.15, 0.2) is 33.4 Å². The van der Waals surface area contributed by atoms with Crippen LogP contribution in [0.2, 0.25) is 0 Å². The standard InChI is InChI=1S/C15H19N3O3/c1-11-8-13(17-21-11)14-5-2-6-18(14)10-15(19)16-9-12-4-3-7-20-12/h3-4,7-8,14H,2,5-6,9-10H2,1H3,(H,16,19)/t14-/m1/s1. The highest BCUT2D eigenvalue weighted by molar-refractivity contribution is 5.78. The molecular weight excluding hydrogens is 270 g/mol. The third-order valence-electron chi connectivity index (χ3n) is 3.74. The minimum absolute atomic E-state index is 0.00137. The molecule has 0 bridgehead atoms. The van der Waals surface area contributed by atoms with Crippen molar-refractivity contribution < 1.29 is 13.7 Å². The Labute approximate surface area is 123 Å². The Bertz CT molecular complexity index is 591. The molecule has 1 aliphatic heterocycles. The number of carbonyl (C=O) groups is 1. The highest BCUT2D eigenvalue weighted by Gasteiger charge is 2.29. The van der Waals surface area contributed by atoms with Gasteiger partial charge in [0, 0.05) is 6.07 Å². The van der Waals surface area contributed by atoms with Crippen LogP contribution in [0.4, 0.5) is 0 Å². The van der Waals surface area contributed by atoms with Crippen LogP contribution >= 0.6 is 0 Å². The van der Waals surface area contributed by atoms with E-state index in [4.69, 9.17) is 8.94 Å². The number of amides is 1. The Morgan fingerprint density at radius 1 is 1.57 bits per heavy atom. The SMILES string of the molecule is Cc1cc([C@H]2CCCN2CC(=O)NCc2ccco2)no1. The predicted molar refractivity (Wildman–Crippen MR) is 75.3 cm³/mol. The first-order valence-corrected chi connectivity index (χ1v) is 7.19. The molecule has 1 amide bonds. The molecule has 1 N–H and O–H groups in total. The zero-order valence-electron chi connectivity index (χ0n) is 12.0. The third kappa shape index (κ3) is 3.33. The number of furan rings is 1. The molecule has 0 aliphatic carbocycles. The maximum absolute atomic E-state index is 12.0. The average molecular weight is 289 g/mol. The van der Waals surface area contributed by atoms with Gasteiger partial charge in [0.25, 0.3) is 0 Å². The third-order valence-corrected chi connectivity index (χ3v) is 3.74. The quantitative estimate of drug-likeness (QED) is 0.912. The Morgan fingerprint density at radius 3 is 3.19 bits per heavy atom. The van der Waals surface area contributed by atoms with Crippen molar-refractivity contribution in [3.63, 3.8) is 0 Å². The minimum atomic E-state index is -0.00137. The lowest BCUT2D eigenvalue weighted by molar-refractivity contribution is -0.122. The van der Waals surface area contributed by atoms with E-state index in [0.717, 1.165) is 36.6 Å². The van der Waals surface area contributed by atoms with Gasteiger partial charge in [-0.1, -0.05) is 5.16 Å². The van der Waals surface area contributed by atoms with Gasteiger partial charge < -0.3 is 14.3 Å². The van der Waals surface area contributed by atoms with Gasteiger partial charge in [-0.2, -0.15) is 0 Å². The number of carbonyl (C=O) groups excluding carboxylic acids is 1. The summed E-state index contributed by atoms with van der Waals surface area (Å²) in [6.45, 7) is 3.58. The summed E-state index contributed by atoms with van der Waals surface area (Å²) in [5.41, 5.74) is 0.920. The molecule has 3 rings (SSSR count). The maximum Gasteiger partial charge on any atom is 0.234 e. The molecule has 0 spiro atoms. The van der Waals surface area contributed by atoms with Crippen molar-refractivity contribution >= 4 is 5.91 Å². The zero-order valence-corrected chi connectivity index (χ0v) is 12.0. The first-order valence-electron chi connectivity index (χ1n) is 7.19. The maximum atomic E-state index is 12.0. The highest BCUT2D eigenvalue weighted by Crippen LogP contribution is 2.30. The van der Waals surface area contributed by atoms with E-state index in [0.29, 0.717) is 13.1 Å². The van der Waals surface area contributed by atoms with Gasteiger partial charge in [-0.05, 0) is 38.4 Å². The zero-order chi connectivity index (χ0) is 14.7. The van der Waals surface area contributed by atoms with E-state index in [2.05, 4.69) is 15.4 Å². The minimum Gasteiger partial charge on any atom is -0.467 e. The Morgan fingerprint density at radius 2 is 2.48 bits per heavy atom. The van der Waals surface area contributed by atoms with E-state index in [1.807, 2.05) is 25.1 Å². The number of nitrogens with zero attached hydrogens (tertiary/aromatic N) is 2. The van der Waals surface area contributed by atoms with Gasteiger partial charge in [0.05, 0.1) is 25.4 Å². The van der Waals surface area contributed by atoms with E-state index in [1.165, 1.54) is 0 Å². The molecule has 3 heterocycles. The van der Waals surface area contributed by atoms with E-state index in [-0.39, 0.29) is 11.9 Å². The number of hydrogen-bond donors (Lipinski definition) is 1. The number of nitrogens with one attached hydrogen (secondary N) is 1. The molecule has 2 aromatic rings. The number of rotatable bonds is 5. The fraction of sp³-hybridized carbons (Fsp3) is 0.467. The Hall–Kier alpha value is -2.08. The summed E-state index contributed by atoms with van der Waals surface area (Å²) in [4.78, 5) is 14.2. The molecule has 0 saturated carbocycles. The normalized spacial score (nSPS) is 19.0. The molecule has 6 heteroatoms. The van der Waals surface area contributed by atoms with Gasteiger partial charge in [0.15, 0.2) is 0 Å². The number of aromatic nitrogens is 1. The number of likely N-dealkylation sites (tertiary alicyclic amines) is 1. The molecule has 6 nitrogen and oxygen atoms in total. The van der Waals surface area contributed by atoms with Crippen LogP contribution in [0.3, 0.4) is 0 Å². The van der Waals surface area contributed by atoms with Gasteiger partial charge >= 0.3 is 0 Å². The summed E-state index contributed by atoms with van der Waals surface area (Å²) in [5.74, 6) is 1.56. The van der Waals surface area contributed by atoms with Crippen LogP contribution in [0.25, 0.3) is 0 Å². The van der Waals surface area contributed by atoms with E-state index in [1.54, 1.807) is 6.26 Å². The molecule has 21 heavy (non-hydrogen) atoms. The van der Waals surface area contributed by atoms with Crippen molar-refractivity contribution in [1.82, 2.24) is 15.4 Å². The van der Waals surface area contributed by atoms with Gasteiger partial charge in [0.1, 0.15) is 17.2 Å². The van der Waals surface area contributed by atoms with Crippen molar-refractivity contribution in [2.24, 2.45) is 0 Å². The molecule has 1 fully saturated rings. The van der Waals surface area contributed by atoms with Crippen LogP contribution in [-0.2, 0) is 11.3 Å². The Balaban J connectivity index is 1.54. The molecular formula is C15H19N3O3. The lowest BCUT2D eigenvalue weighted by Crippen LogP contribution is -2.36. The van der Waals surface area contributed by atoms with Crippen molar-refractivity contribution in [1.29, 1.82) is 0 Å². The lowest BCUT2D eigenvalue weighted by Gasteiger charge is -2.21. The Kier molecular flexibility index (Phi) is 4.06. The van der Waals surface area contributed by atoms with Crippen LogP contribution in [0.5, 0.6) is 0 Å². The molecule has 2 aromatic heterocycles. The largest absolute Gasteiger partial charge is 0.467 e. The van der Waals surface area contributed by atoms with Gasteiger partial charge in [-0.3, -0.25) is 9.69 Å². The topological polar surface area (TPSA) is 71.5 Å². The van der Waals surface area contributed by atoms with Crippen LogP contribution in [0, 0.1) is 6.92 Å².